The van der Waals surface area contributed by atoms with Crippen LogP contribution in [0.2, 0.25) is 0 Å². The van der Waals surface area contributed by atoms with Gasteiger partial charge in [-0.05, 0) is 40.3 Å². The van der Waals surface area contributed by atoms with Gasteiger partial charge in [0.1, 0.15) is 6.67 Å². The van der Waals surface area contributed by atoms with Crippen molar-refractivity contribution in [2.45, 2.75) is 38.3 Å². The van der Waals surface area contributed by atoms with Crippen LogP contribution >= 0.6 is 0 Å². The molecule has 0 N–H and O–H groups in total. The van der Waals surface area contributed by atoms with Crippen LogP contribution in [0.5, 0.6) is 0 Å². The Bertz CT molecular complexity index is 163. The lowest BCUT2D eigenvalue weighted by atomic mass is 9.99. The third-order valence-electron chi connectivity index (χ3n) is 2.88. The third kappa shape index (κ3) is 2.41. The minimum atomic E-state index is -0.329. The van der Waals surface area contributed by atoms with Gasteiger partial charge in [0, 0.05) is 0 Å². The molecule has 0 radical (unpaired) electrons. The average Bonchev–Trinajstić information content (AvgIpc) is 2.45. The summed E-state index contributed by atoms with van der Waals surface area (Å²) in [6.45, 7) is 5.20. The topological polar surface area (TPSA) is 12.5 Å². The van der Waals surface area contributed by atoms with E-state index in [-0.39, 0.29) is 18.3 Å². The monoisotopic (exact) mass is 189 g/mol. The van der Waals surface area contributed by atoms with E-state index in [4.69, 9.17) is 4.74 Å². The first-order valence-electron chi connectivity index (χ1n) is 4.99. The molecular weight excluding hydrogens is 169 g/mol. The van der Waals surface area contributed by atoms with Crippen LogP contribution in [-0.2, 0) is 4.74 Å². The van der Waals surface area contributed by atoms with Gasteiger partial charge in [0.25, 0.3) is 0 Å². The van der Waals surface area contributed by atoms with Crippen molar-refractivity contribution in [2.24, 2.45) is 0 Å². The molecule has 0 aromatic rings. The fraction of sp³-hybridized carbons (Fsp3) is 1.00. The maximum atomic E-state index is 12.9. The summed E-state index contributed by atoms with van der Waals surface area (Å²) in [7, 11) is 1.98. The van der Waals surface area contributed by atoms with Crippen molar-refractivity contribution < 1.29 is 9.13 Å². The van der Waals surface area contributed by atoms with Gasteiger partial charge in [-0.25, -0.2) is 4.39 Å². The van der Waals surface area contributed by atoms with Gasteiger partial charge in [-0.3, -0.25) is 4.90 Å². The van der Waals surface area contributed by atoms with Gasteiger partial charge in [-0.2, -0.15) is 0 Å². The van der Waals surface area contributed by atoms with Crippen LogP contribution in [0, 0.1) is 0 Å². The lowest BCUT2D eigenvalue weighted by Crippen LogP contribution is -2.48. The number of likely N-dealkylation sites (tertiary alicyclic amines) is 1. The molecule has 0 aromatic heterocycles. The minimum Gasteiger partial charge on any atom is -0.377 e. The van der Waals surface area contributed by atoms with Gasteiger partial charge in [0.05, 0.1) is 18.2 Å². The van der Waals surface area contributed by atoms with Gasteiger partial charge < -0.3 is 4.74 Å². The predicted octanol–water partition coefficient (Wildman–Crippen LogP) is 1.85. The first kappa shape index (κ1) is 10.9. The molecule has 1 atom stereocenters. The van der Waals surface area contributed by atoms with E-state index >= 15 is 0 Å². The summed E-state index contributed by atoms with van der Waals surface area (Å²) in [5, 5.41) is 0. The van der Waals surface area contributed by atoms with Crippen molar-refractivity contribution in [2.75, 3.05) is 26.9 Å². The summed E-state index contributed by atoms with van der Waals surface area (Å²) in [5.74, 6) is 0. The van der Waals surface area contributed by atoms with Gasteiger partial charge in [0.15, 0.2) is 0 Å². The Morgan fingerprint density at radius 3 is 2.62 bits per heavy atom. The molecule has 78 valence electrons. The molecule has 0 amide bonds. The molecule has 0 bridgehead atoms. The van der Waals surface area contributed by atoms with Crippen molar-refractivity contribution in [1.82, 2.24) is 4.90 Å². The van der Waals surface area contributed by atoms with E-state index < -0.39 is 0 Å². The van der Waals surface area contributed by atoms with Crippen molar-refractivity contribution in [3.8, 4) is 0 Å². The van der Waals surface area contributed by atoms with Crippen LogP contribution in [0.4, 0.5) is 4.39 Å². The predicted molar refractivity (Wildman–Crippen MR) is 51.7 cm³/mol. The first-order valence-corrected chi connectivity index (χ1v) is 4.99. The maximum absolute atomic E-state index is 12.9. The van der Waals surface area contributed by atoms with Crippen LogP contribution in [0.3, 0.4) is 0 Å². The van der Waals surface area contributed by atoms with E-state index in [2.05, 4.69) is 4.90 Å². The zero-order valence-electron chi connectivity index (χ0n) is 8.85. The molecule has 2 nitrogen and oxygen atoms in total. The molecular formula is C10H20FNO. The highest BCUT2D eigenvalue weighted by molar-refractivity contribution is 4.94. The van der Waals surface area contributed by atoms with E-state index in [1.54, 1.807) is 0 Å². The Morgan fingerprint density at radius 2 is 2.23 bits per heavy atom. The standard InChI is InChI=1S/C10H20FNO/c1-9(2)13-8-10(7-11)5-4-6-12(10)3/h9H,4-8H2,1-3H3/t10-/m1/s1. The molecule has 1 rings (SSSR count). The number of rotatable bonds is 4. The Labute approximate surface area is 80.1 Å². The summed E-state index contributed by atoms with van der Waals surface area (Å²) >= 11 is 0. The van der Waals surface area contributed by atoms with Crippen molar-refractivity contribution in [1.29, 1.82) is 0 Å². The summed E-state index contributed by atoms with van der Waals surface area (Å²) in [6, 6.07) is 0. The van der Waals surface area contributed by atoms with E-state index in [0.717, 1.165) is 19.4 Å². The number of ether oxygens (including phenoxy) is 1. The smallest absolute Gasteiger partial charge is 0.110 e. The van der Waals surface area contributed by atoms with E-state index in [0.29, 0.717) is 6.61 Å². The highest BCUT2D eigenvalue weighted by Gasteiger charge is 2.39. The molecule has 0 unspecified atom stereocenters. The molecule has 3 heteroatoms. The summed E-state index contributed by atoms with van der Waals surface area (Å²) in [6.07, 6.45) is 2.20. The second-order valence-electron chi connectivity index (χ2n) is 4.24. The van der Waals surface area contributed by atoms with Gasteiger partial charge in [-0.15, -0.1) is 0 Å². The normalized spacial score (nSPS) is 30.2. The molecule has 0 aliphatic carbocycles. The molecule has 1 heterocycles. The fourth-order valence-electron chi connectivity index (χ4n) is 1.78. The van der Waals surface area contributed by atoms with Crippen molar-refractivity contribution in [3.05, 3.63) is 0 Å². The zero-order valence-corrected chi connectivity index (χ0v) is 8.85. The second-order valence-corrected chi connectivity index (χ2v) is 4.24. The van der Waals surface area contributed by atoms with Crippen LogP contribution in [0.1, 0.15) is 26.7 Å². The quantitative estimate of drug-likeness (QED) is 0.669. The molecule has 0 spiro atoms. The lowest BCUT2D eigenvalue weighted by Gasteiger charge is -2.33. The molecule has 13 heavy (non-hydrogen) atoms. The summed E-state index contributed by atoms with van der Waals surface area (Å²) < 4.78 is 18.4. The number of alkyl halides is 1. The number of hydrogen-bond donors (Lipinski definition) is 0. The lowest BCUT2D eigenvalue weighted by molar-refractivity contribution is -0.0152. The third-order valence-corrected chi connectivity index (χ3v) is 2.88. The van der Waals surface area contributed by atoms with Gasteiger partial charge in [0.2, 0.25) is 0 Å². The van der Waals surface area contributed by atoms with E-state index in [1.165, 1.54) is 0 Å². The highest BCUT2D eigenvalue weighted by Crippen LogP contribution is 2.28. The van der Waals surface area contributed by atoms with Gasteiger partial charge in [-0.1, -0.05) is 0 Å². The molecule has 0 aromatic carbocycles. The molecule has 1 aliphatic rings. The second kappa shape index (κ2) is 4.38. The zero-order chi connectivity index (χ0) is 9.90. The molecule has 1 fully saturated rings. The van der Waals surface area contributed by atoms with Gasteiger partial charge >= 0.3 is 0 Å². The fourth-order valence-corrected chi connectivity index (χ4v) is 1.78. The minimum absolute atomic E-state index is 0.192. The maximum Gasteiger partial charge on any atom is 0.110 e. The average molecular weight is 189 g/mol. The van der Waals surface area contributed by atoms with Crippen LogP contribution in [0.15, 0.2) is 0 Å². The number of nitrogens with zero attached hydrogens (tertiary/aromatic N) is 1. The van der Waals surface area contributed by atoms with Crippen molar-refractivity contribution in [3.63, 3.8) is 0 Å². The number of likely N-dealkylation sites (N-methyl/N-ethyl adjacent to an activating group) is 1. The van der Waals surface area contributed by atoms with Crippen LogP contribution < -0.4 is 0 Å². The Kier molecular flexibility index (Phi) is 3.68. The Balaban J connectivity index is 2.49. The number of hydrogen-bond acceptors (Lipinski definition) is 2. The van der Waals surface area contributed by atoms with Crippen LogP contribution in [0.25, 0.3) is 0 Å². The van der Waals surface area contributed by atoms with E-state index in [1.807, 2.05) is 20.9 Å². The first-order chi connectivity index (χ1) is 6.10. The van der Waals surface area contributed by atoms with E-state index in [9.17, 15) is 4.39 Å². The molecule has 0 saturated carbocycles. The van der Waals surface area contributed by atoms with Crippen molar-refractivity contribution >= 4 is 0 Å². The Hall–Kier alpha value is -0.150. The van der Waals surface area contributed by atoms with Crippen LogP contribution in [-0.4, -0.2) is 43.4 Å². The summed E-state index contributed by atoms with van der Waals surface area (Å²) in [5.41, 5.74) is -0.329. The largest absolute Gasteiger partial charge is 0.377 e. The summed E-state index contributed by atoms with van der Waals surface area (Å²) in [4.78, 5) is 2.09. The highest BCUT2D eigenvalue weighted by atomic mass is 19.1. The molecule has 1 saturated heterocycles. The Morgan fingerprint density at radius 1 is 1.54 bits per heavy atom. The number of halogens is 1. The SMILES string of the molecule is CC(C)OC[C@]1(CF)CCCN1C. The molecule has 1 aliphatic heterocycles.